The van der Waals surface area contributed by atoms with Crippen molar-refractivity contribution in [2.45, 2.75) is 0 Å². The van der Waals surface area contributed by atoms with Crippen LogP contribution in [0.2, 0.25) is 0 Å². The van der Waals surface area contributed by atoms with Crippen LogP contribution >= 0.6 is 12.4 Å². The molecule has 0 aliphatic heterocycles. The van der Waals surface area contributed by atoms with Gasteiger partial charge in [-0.25, -0.2) is 9.97 Å². The summed E-state index contributed by atoms with van der Waals surface area (Å²) in [6.07, 6.45) is 2.76. The molecular weight excluding hydrogens is 168 g/mol. The number of aromatic nitrogens is 4. The standard InChI is InChI=1S/C5H4N4O.ClH/c10-5-3-4(7-1-6-3)8-2-9-5;/h1-2H,(H2,6,7,8,9,10);1H. The molecule has 0 saturated heterocycles. The summed E-state index contributed by atoms with van der Waals surface area (Å²) in [5, 5.41) is 0. The molecule has 11 heavy (non-hydrogen) atoms. The first-order chi connectivity index (χ1) is 4.88. The van der Waals surface area contributed by atoms with Crippen molar-refractivity contribution < 1.29 is 0 Å². The second kappa shape index (κ2) is 2.71. The van der Waals surface area contributed by atoms with E-state index in [1.54, 1.807) is 0 Å². The molecule has 0 bridgehead atoms. The largest absolute Gasteiger partial charge is 0.339 e. The first kappa shape index (κ1) is 7.74. The molecule has 2 N–H and O–H groups in total. The van der Waals surface area contributed by atoms with Crippen LogP contribution in [0.5, 0.6) is 0 Å². The lowest BCUT2D eigenvalue weighted by Crippen LogP contribution is -2.05. The maximum absolute atomic E-state index is 10.9. The fourth-order valence-corrected chi connectivity index (χ4v) is 0.776. The lowest BCUT2D eigenvalue weighted by Gasteiger charge is -1.81. The van der Waals surface area contributed by atoms with E-state index in [2.05, 4.69) is 19.9 Å². The van der Waals surface area contributed by atoms with Gasteiger partial charge in [-0.1, -0.05) is 0 Å². The summed E-state index contributed by atoms with van der Waals surface area (Å²) >= 11 is 0. The van der Waals surface area contributed by atoms with E-state index in [9.17, 15) is 4.79 Å². The number of hydrogen-bond donors (Lipinski definition) is 2. The van der Waals surface area contributed by atoms with E-state index in [-0.39, 0.29) is 18.0 Å². The van der Waals surface area contributed by atoms with Crippen LogP contribution in [-0.4, -0.2) is 19.9 Å². The van der Waals surface area contributed by atoms with Gasteiger partial charge in [0.2, 0.25) is 0 Å². The van der Waals surface area contributed by atoms with Crippen molar-refractivity contribution in [1.29, 1.82) is 0 Å². The van der Waals surface area contributed by atoms with Gasteiger partial charge in [-0.3, -0.25) is 4.79 Å². The molecule has 0 atom stereocenters. The van der Waals surface area contributed by atoms with E-state index in [1.807, 2.05) is 0 Å². The number of imidazole rings is 1. The van der Waals surface area contributed by atoms with Crippen LogP contribution in [0.3, 0.4) is 0 Å². The normalized spacial score (nSPS) is 9.45. The summed E-state index contributed by atoms with van der Waals surface area (Å²) in [5.41, 5.74) is 0.675. The molecule has 2 heterocycles. The number of hydrogen-bond acceptors (Lipinski definition) is 3. The third-order valence-corrected chi connectivity index (χ3v) is 1.23. The number of aromatic amines is 2. The minimum Gasteiger partial charge on any atom is -0.339 e. The molecule has 0 radical (unpaired) electrons. The summed E-state index contributed by atoms with van der Waals surface area (Å²) in [6.45, 7) is 0. The topological polar surface area (TPSA) is 74.4 Å². The molecule has 0 saturated carbocycles. The summed E-state index contributed by atoms with van der Waals surface area (Å²) in [7, 11) is 0. The fourth-order valence-electron chi connectivity index (χ4n) is 0.776. The molecule has 0 amide bonds. The molecule has 0 fully saturated rings. The molecular formula is C5H5ClN4O. The third-order valence-electron chi connectivity index (χ3n) is 1.23. The van der Waals surface area contributed by atoms with Gasteiger partial charge in [0.05, 0.1) is 12.7 Å². The van der Waals surface area contributed by atoms with Crippen LogP contribution < -0.4 is 5.56 Å². The fraction of sp³-hybridized carbons (Fsp3) is 0. The van der Waals surface area contributed by atoms with Crippen molar-refractivity contribution >= 4 is 23.6 Å². The average Bonchev–Trinajstić information content (AvgIpc) is 2.36. The Balaban J connectivity index is 0.000000605. The van der Waals surface area contributed by atoms with Gasteiger partial charge < -0.3 is 9.97 Å². The molecule has 0 aliphatic rings. The number of halogens is 1. The lowest BCUT2D eigenvalue weighted by atomic mass is 10.6. The van der Waals surface area contributed by atoms with Crippen LogP contribution in [0.15, 0.2) is 17.4 Å². The predicted octanol–water partition coefficient (Wildman–Crippen LogP) is 0.0680. The second-order valence-corrected chi connectivity index (χ2v) is 1.83. The van der Waals surface area contributed by atoms with E-state index in [1.165, 1.54) is 12.7 Å². The van der Waals surface area contributed by atoms with Gasteiger partial charge in [-0.05, 0) is 0 Å². The Morgan fingerprint density at radius 2 is 1.82 bits per heavy atom. The molecule has 2 aromatic heterocycles. The van der Waals surface area contributed by atoms with Crippen molar-refractivity contribution in [3.05, 3.63) is 23.0 Å². The quantitative estimate of drug-likeness (QED) is 0.591. The Morgan fingerprint density at radius 1 is 1.18 bits per heavy atom. The molecule has 0 aliphatic carbocycles. The Labute approximate surface area is 67.3 Å². The van der Waals surface area contributed by atoms with Gasteiger partial charge in [0.15, 0.2) is 11.2 Å². The molecule has 0 spiro atoms. The number of rotatable bonds is 0. The van der Waals surface area contributed by atoms with Crippen molar-refractivity contribution in [2.75, 3.05) is 0 Å². The van der Waals surface area contributed by atoms with Crippen LogP contribution in [0.1, 0.15) is 0 Å². The Kier molecular flexibility index (Phi) is 1.91. The van der Waals surface area contributed by atoms with Crippen LogP contribution in [0.4, 0.5) is 0 Å². The maximum Gasteiger partial charge on any atom is 0.276 e. The Bertz CT molecular complexity index is 406. The smallest absolute Gasteiger partial charge is 0.276 e. The number of nitrogens with one attached hydrogen (secondary N) is 2. The Hall–Kier alpha value is -1.36. The van der Waals surface area contributed by atoms with Crippen molar-refractivity contribution in [1.82, 2.24) is 19.9 Å². The maximum atomic E-state index is 10.9. The number of nitrogens with zero attached hydrogens (tertiary/aromatic N) is 2. The van der Waals surface area contributed by atoms with Crippen LogP contribution in [-0.2, 0) is 0 Å². The van der Waals surface area contributed by atoms with Crippen molar-refractivity contribution in [3.8, 4) is 0 Å². The van der Waals surface area contributed by atoms with E-state index in [0.29, 0.717) is 11.2 Å². The summed E-state index contributed by atoms with van der Waals surface area (Å²) in [6, 6.07) is 0. The molecule has 0 aromatic carbocycles. The average molecular weight is 173 g/mol. The van der Waals surface area contributed by atoms with Crippen molar-refractivity contribution in [3.63, 3.8) is 0 Å². The highest BCUT2D eigenvalue weighted by molar-refractivity contribution is 5.85. The van der Waals surface area contributed by atoms with Crippen LogP contribution in [0.25, 0.3) is 11.2 Å². The second-order valence-electron chi connectivity index (χ2n) is 1.83. The van der Waals surface area contributed by atoms with Crippen LogP contribution in [0, 0.1) is 0 Å². The number of H-pyrrole nitrogens is 2. The highest BCUT2D eigenvalue weighted by Gasteiger charge is 1.97. The highest BCUT2D eigenvalue weighted by Crippen LogP contribution is 1.94. The predicted molar refractivity (Wildman–Crippen MR) is 41.8 cm³/mol. The van der Waals surface area contributed by atoms with Gasteiger partial charge in [0.25, 0.3) is 5.56 Å². The van der Waals surface area contributed by atoms with Gasteiger partial charge in [0.1, 0.15) is 0 Å². The van der Waals surface area contributed by atoms with E-state index >= 15 is 0 Å². The zero-order valence-electron chi connectivity index (χ0n) is 5.37. The third kappa shape index (κ3) is 1.10. The molecule has 2 aromatic rings. The summed E-state index contributed by atoms with van der Waals surface area (Å²) in [5.74, 6) is 0. The van der Waals surface area contributed by atoms with Gasteiger partial charge in [-0.15, -0.1) is 12.4 Å². The monoisotopic (exact) mass is 172 g/mol. The first-order valence-corrected chi connectivity index (χ1v) is 2.75. The minimum atomic E-state index is -0.192. The number of fused-ring (bicyclic) bond motifs is 1. The zero-order valence-corrected chi connectivity index (χ0v) is 6.18. The van der Waals surface area contributed by atoms with Gasteiger partial charge in [-0.2, -0.15) is 0 Å². The Morgan fingerprint density at radius 3 is 2.45 bits per heavy atom. The summed E-state index contributed by atoms with van der Waals surface area (Å²) < 4.78 is 0. The molecule has 6 heteroatoms. The van der Waals surface area contributed by atoms with E-state index < -0.39 is 0 Å². The minimum absolute atomic E-state index is 0. The molecule has 0 unspecified atom stereocenters. The SMILES string of the molecule is Cl.O=c1[nH]cnc2nc[nH]c12. The van der Waals surface area contributed by atoms with Gasteiger partial charge in [0, 0.05) is 0 Å². The molecule has 2 rings (SSSR count). The highest BCUT2D eigenvalue weighted by atomic mass is 35.5. The molecule has 58 valence electrons. The summed E-state index contributed by atoms with van der Waals surface area (Å²) in [4.78, 5) is 23.6. The lowest BCUT2D eigenvalue weighted by molar-refractivity contribution is 1.15. The van der Waals surface area contributed by atoms with E-state index in [4.69, 9.17) is 0 Å². The van der Waals surface area contributed by atoms with Crippen molar-refractivity contribution in [2.24, 2.45) is 0 Å². The molecule has 5 nitrogen and oxygen atoms in total. The van der Waals surface area contributed by atoms with Gasteiger partial charge >= 0.3 is 0 Å². The first-order valence-electron chi connectivity index (χ1n) is 2.75. The van der Waals surface area contributed by atoms with E-state index in [0.717, 1.165) is 0 Å². The zero-order chi connectivity index (χ0) is 6.97.